The quantitative estimate of drug-likeness (QED) is 0.343. The highest BCUT2D eigenvalue weighted by Crippen LogP contribution is 2.21. The summed E-state index contributed by atoms with van der Waals surface area (Å²) >= 11 is 0. The zero-order chi connectivity index (χ0) is 25.1. The summed E-state index contributed by atoms with van der Waals surface area (Å²) in [5.41, 5.74) is 7.20. The largest absolute Gasteiger partial charge is 0.482 e. The lowest BCUT2D eigenvalue weighted by Gasteiger charge is -2.36. The molecule has 0 radical (unpaired) electrons. The van der Waals surface area contributed by atoms with Crippen LogP contribution >= 0.6 is 0 Å². The molecule has 1 aliphatic heterocycles. The third-order valence-corrected chi connectivity index (χ3v) is 5.99. The third kappa shape index (κ3) is 5.15. The fourth-order valence-electron chi connectivity index (χ4n) is 3.99. The van der Waals surface area contributed by atoms with E-state index in [9.17, 15) is 4.79 Å². The molecule has 0 saturated carbocycles. The van der Waals surface area contributed by atoms with E-state index in [2.05, 4.69) is 29.9 Å². The number of likely N-dealkylation sites (N-methyl/N-ethyl adjacent to an activating group) is 1. The van der Waals surface area contributed by atoms with Gasteiger partial charge in [-0.2, -0.15) is 19.5 Å². The van der Waals surface area contributed by atoms with Crippen LogP contribution < -0.4 is 20.3 Å². The predicted octanol–water partition coefficient (Wildman–Crippen LogP) is 1.08. The summed E-state index contributed by atoms with van der Waals surface area (Å²) in [6, 6.07) is 11.1. The van der Waals surface area contributed by atoms with Crippen LogP contribution in [0.1, 0.15) is 0 Å². The summed E-state index contributed by atoms with van der Waals surface area (Å²) < 4.78 is 12.0. The highest BCUT2D eigenvalue weighted by molar-refractivity contribution is 5.68. The van der Waals surface area contributed by atoms with Crippen LogP contribution in [0.15, 0.2) is 47.1 Å². The Morgan fingerprint density at radius 2 is 1.92 bits per heavy atom. The highest BCUT2D eigenvalue weighted by atomic mass is 16.5. The summed E-state index contributed by atoms with van der Waals surface area (Å²) in [5.74, 6) is 1.56. The lowest BCUT2D eigenvalue weighted by Crippen LogP contribution is -2.48. The lowest BCUT2D eigenvalue weighted by atomic mass is 10.2. The topological polar surface area (TPSA) is 151 Å². The van der Waals surface area contributed by atoms with E-state index in [0.29, 0.717) is 29.1 Å². The fraction of sp³-hybridized carbons (Fsp3) is 0.348. The number of carboxylic acids is 1. The van der Waals surface area contributed by atoms with Gasteiger partial charge in [0.25, 0.3) is 5.78 Å². The first kappa shape index (κ1) is 23.4. The number of fused-ring (bicyclic) bond motifs is 1. The summed E-state index contributed by atoms with van der Waals surface area (Å²) in [5, 5.41) is 13.1. The number of nitrogen functional groups attached to an aromatic ring is 1. The number of hydrogen-bond acceptors (Lipinski definition) is 11. The van der Waals surface area contributed by atoms with Gasteiger partial charge in [0, 0.05) is 52.0 Å². The van der Waals surface area contributed by atoms with Gasteiger partial charge in [0.15, 0.2) is 12.4 Å². The Kier molecular flexibility index (Phi) is 6.54. The molecule has 1 aliphatic rings. The number of anilines is 3. The molecule has 1 aromatic carbocycles. The predicted molar refractivity (Wildman–Crippen MR) is 132 cm³/mol. The number of furan rings is 1. The minimum atomic E-state index is -0.992. The van der Waals surface area contributed by atoms with Gasteiger partial charge in [-0.25, -0.2) is 4.79 Å². The standard InChI is InChI=1S/C23H27N9O4/c1-29(22-26-21(24)32-23(27-22)25-20(28-32)18-3-2-14-35-18)8-9-30-10-12-31(13-11-30)16-4-6-17(7-5-16)36-15-19(33)34/h2-7,14H,8-13,15H2,1H3,(H,33,34)(H2,24,25,26,27,28). The first-order valence-electron chi connectivity index (χ1n) is 11.5. The van der Waals surface area contributed by atoms with Gasteiger partial charge in [-0.3, -0.25) is 4.90 Å². The van der Waals surface area contributed by atoms with Crippen molar-refractivity contribution in [3.63, 3.8) is 0 Å². The number of aliphatic carboxylic acids is 1. The Bertz CT molecular complexity index is 1320. The van der Waals surface area contributed by atoms with Gasteiger partial charge in [-0.15, -0.1) is 5.10 Å². The molecule has 188 valence electrons. The van der Waals surface area contributed by atoms with Crippen molar-refractivity contribution < 1.29 is 19.1 Å². The number of nitrogens with zero attached hydrogens (tertiary/aromatic N) is 8. The molecule has 1 fully saturated rings. The Morgan fingerprint density at radius 3 is 2.61 bits per heavy atom. The second kappa shape index (κ2) is 10.1. The van der Waals surface area contributed by atoms with Gasteiger partial charge in [-0.05, 0) is 36.4 Å². The smallest absolute Gasteiger partial charge is 0.341 e. The van der Waals surface area contributed by atoms with Crippen LogP contribution in [0.3, 0.4) is 0 Å². The first-order chi connectivity index (χ1) is 17.5. The molecule has 36 heavy (non-hydrogen) atoms. The van der Waals surface area contributed by atoms with E-state index in [1.807, 2.05) is 24.1 Å². The van der Waals surface area contributed by atoms with Crippen molar-refractivity contribution >= 4 is 29.3 Å². The lowest BCUT2D eigenvalue weighted by molar-refractivity contribution is -0.139. The monoisotopic (exact) mass is 493 g/mol. The Labute approximate surface area is 206 Å². The maximum Gasteiger partial charge on any atom is 0.341 e. The Morgan fingerprint density at radius 1 is 1.14 bits per heavy atom. The zero-order valence-electron chi connectivity index (χ0n) is 19.8. The average molecular weight is 494 g/mol. The summed E-state index contributed by atoms with van der Waals surface area (Å²) in [7, 11) is 1.93. The first-order valence-corrected chi connectivity index (χ1v) is 11.5. The van der Waals surface area contributed by atoms with Crippen molar-refractivity contribution in [2.45, 2.75) is 0 Å². The highest BCUT2D eigenvalue weighted by Gasteiger charge is 2.19. The molecule has 4 heterocycles. The maximum atomic E-state index is 10.6. The zero-order valence-corrected chi connectivity index (χ0v) is 19.8. The van der Waals surface area contributed by atoms with E-state index >= 15 is 0 Å². The van der Waals surface area contributed by atoms with Crippen molar-refractivity contribution in [3.05, 3.63) is 42.7 Å². The van der Waals surface area contributed by atoms with Crippen molar-refractivity contribution in [2.24, 2.45) is 0 Å². The summed E-state index contributed by atoms with van der Waals surface area (Å²) in [6.07, 6.45) is 1.56. The van der Waals surface area contributed by atoms with Crippen LogP contribution in [-0.4, -0.2) is 93.5 Å². The van der Waals surface area contributed by atoms with Gasteiger partial charge in [-0.1, -0.05) is 0 Å². The molecule has 0 spiro atoms. The molecule has 0 aliphatic carbocycles. The molecule has 0 unspecified atom stereocenters. The van der Waals surface area contributed by atoms with Crippen LogP contribution in [0.25, 0.3) is 17.4 Å². The normalized spacial score (nSPS) is 14.3. The number of benzene rings is 1. The minimum Gasteiger partial charge on any atom is -0.482 e. The van der Waals surface area contributed by atoms with Gasteiger partial charge in [0.1, 0.15) is 5.75 Å². The fourth-order valence-corrected chi connectivity index (χ4v) is 3.99. The molecule has 5 rings (SSSR count). The Balaban J connectivity index is 1.14. The Hall–Kier alpha value is -4.39. The average Bonchev–Trinajstić information content (AvgIpc) is 3.57. The number of carboxylic acid groups (broad SMARTS) is 1. The van der Waals surface area contributed by atoms with E-state index < -0.39 is 5.97 Å². The second-order valence-corrected chi connectivity index (χ2v) is 8.43. The molecule has 13 heteroatoms. The molecule has 1 saturated heterocycles. The number of piperazine rings is 1. The summed E-state index contributed by atoms with van der Waals surface area (Å²) in [6.45, 7) is 4.86. The SMILES string of the molecule is CN(CCN1CCN(c2ccc(OCC(=O)O)cc2)CC1)c1nc(N)n2nc(-c3ccco3)nc2n1. The number of hydrogen-bond donors (Lipinski definition) is 2. The third-order valence-electron chi connectivity index (χ3n) is 5.99. The second-order valence-electron chi connectivity index (χ2n) is 8.43. The molecule has 3 N–H and O–H groups in total. The number of rotatable bonds is 9. The number of aromatic nitrogens is 5. The van der Waals surface area contributed by atoms with Crippen molar-refractivity contribution in [2.75, 3.05) is 68.5 Å². The maximum absolute atomic E-state index is 10.6. The van der Waals surface area contributed by atoms with Crippen LogP contribution in [0.4, 0.5) is 17.6 Å². The van der Waals surface area contributed by atoms with Crippen LogP contribution in [0.2, 0.25) is 0 Å². The van der Waals surface area contributed by atoms with Gasteiger partial charge in [0.2, 0.25) is 17.7 Å². The van der Waals surface area contributed by atoms with Gasteiger partial charge >= 0.3 is 5.97 Å². The number of carbonyl (C=O) groups is 1. The molecular weight excluding hydrogens is 466 g/mol. The number of ether oxygens (including phenoxy) is 1. The van der Waals surface area contributed by atoms with E-state index in [4.69, 9.17) is 20.0 Å². The van der Waals surface area contributed by atoms with Crippen LogP contribution in [0.5, 0.6) is 5.75 Å². The van der Waals surface area contributed by atoms with E-state index in [1.165, 1.54) is 4.52 Å². The molecular formula is C23H27N9O4. The molecule has 4 aromatic rings. The van der Waals surface area contributed by atoms with Crippen LogP contribution in [-0.2, 0) is 4.79 Å². The van der Waals surface area contributed by atoms with Crippen molar-refractivity contribution in [1.29, 1.82) is 0 Å². The minimum absolute atomic E-state index is 0.208. The van der Waals surface area contributed by atoms with Crippen molar-refractivity contribution in [1.82, 2.24) is 29.5 Å². The molecule has 0 bridgehead atoms. The van der Waals surface area contributed by atoms with Gasteiger partial charge in [0.05, 0.1) is 6.26 Å². The van der Waals surface area contributed by atoms with E-state index in [0.717, 1.165) is 45.0 Å². The van der Waals surface area contributed by atoms with E-state index in [-0.39, 0.29) is 12.6 Å². The molecule has 0 atom stereocenters. The van der Waals surface area contributed by atoms with Crippen LogP contribution in [0, 0.1) is 0 Å². The van der Waals surface area contributed by atoms with E-state index in [1.54, 1.807) is 30.5 Å². The molecule has 13 nitrogen and oxygen atoms in total. The molecule has 0 amide bonds. The molecule has 3 aromatic heterocycles. The summed E-state index contributed by atoms with van der Waals surface area (Å²) in [4.78, 5) is 30.6. The van der Waals surface area contributed by atoms with Crippen molar-refractivity contribution in [3.8, 4) is 17.3 Å². The van der Waals surface area contributed by atoms with Gasteiger partial charge < -0.3 is 29.8 Å². The number of nitrogens with two attached hydrogens (primary N) is 1.